The first-order valence-electron chi connectivity index (χ1n) is 9.34. The third-order valence-electron chi connectivity index (χ3n) is 4.31. The van der Waals surface area contributed by atoms with E-state index >= 15 is 0 Å². The van der Waals surface area contributed by atoms with Gasteiger partial charge in [-0.05, 0) is 63.6 Å². The standard InChI is InChI=1S/C23H26N2O3/c1-15-11-16(9-10-23(2,3)4)5-7-19(15)22(27)25-17-6-8-20-21(12-17)28-14-18(13-26)24-20/h5-8,11-12,18,24,26H,13-14H2,1-4H3,(H,25,27). The maximum atomic E-state index is 12.7. The van der Waals surface area contributed by atoms with Crippen LogP contribution in [-0.2, 0) is 0 Å². The highest BCUT2D eigenvalue weighted by molar-refractivity contribution is 6.05. The normalized spacial score (nSPS) is 15.4. The first-order chi connectivity index (χ1) is 13.2. The highest BCUT2D eigenvalue weighted by Gasteiger charge is 2.19. The summed E-state index contributed by atoms with van der Waals surface area (Å²) >= 11 is 0. The first kappa shape index (κ1) is 19.8. The number of rotatable bonds is 3. The van der Waals surface area contributed by atoms with Crippen molar-refractivity contribution < 1.29 is 14.6 Å². The molecule has 0 aliphatic carbocycles. The van der Waals surface area contributed by atoms with Crippen molar-refractivity contribution in [2.45, 2.75) is 33.7 Å². The molecule has 0 bridgehead atoms. The van der Waals surface area contributed by atoms with Gasteiger partial charge in [-0.1, -0.05) is 11.8 Å². The molecule has 0 aromatic heterocycles. The Bertz CT molecular complexity index is 949. The lowest BCUT2D eigenvalue weighted by Gasteiger charge is -2.26. The van der Waals surface area contributed by atoms with Crippen LogP contribution in [0.5, 0.6) is 5.75 Å². The third-order valence-corrected chi connectivity index (χ3v) is 4.31. The molecule has 0 radical (unpaired) electrons. The fraction of sp³-hybridized carbons (Fsp3) is 0.348. The van der Waals surface area contributed by atoms with E-state index < -0.39 is 0 Å². The van der Waals surface area contributed by atoms with Crippen LogP contribution in [0.3, 0.4) is 0 Å². The maximum absolute atomic E-state index is 12.7. The van der Waals surface area contributed by atoms with Crippen molar-refractivity contribution in [1.29, 1.82) is 0 Å². The maximum Gasteiger partial charge on any atom is 0.255 e. The van der Waals surface area contributed by atoms with E-state index in [1.807, 2.05) is 31.2 Å². The second kappa shape index (κ2) is 7.95. The third kappa shape index (κ3) is 4.85. The molecule has 1 heterocycles. The molecule has 1 aliphatic heterocycles. The van der Waals surface area contributed by atoms with E-state index in [1.165, 1.54) is 0 Å². The lowest BCUT2D eigenvalue weighted by atomic mass is 9.97. The van der Waals surface area contributed by atoms with Gasteiger partial charge in [-0.3, -0.25) is 4.79 Å². The summed E-state index contributed by atoms with van der Waals surface area (Å²) in [4.78, 5) is 12.7. The minimum Gasteiger partial charge on any atom is -0.489 e. The van der Waals surface area contributed by atoms with Crippen LogP contribution in [0, 0.1) is 24.2 Å². The van der Waals surface area contributed by atoms with Crippen molar-refractivity contribution in [3.8, 4) is 17.6 Å². The Morgan fingerprint density at radius 2 is 2.07 bits per heavy atom. The van der Waals surface area contributed by atoms with Crippen molar-refractivity contribution >= 4 is 17.3 Å². The number of fused-ring (bicyclic) bond motifs is 1. The molecule has 2 aromatic rings. The summed E-state index contributed by atoms with van der Waals surface area (Å²) in [6.07, 6.45) is 0. The average Bonchev–Trinajstić information content (AvgIpc) is 2.65. The van der Waals surface area contributed by atoms with Gasteiger partial charge in [0.2, 0.25) is 0 Å². The molecule has 0 fully saturated rings. The molecule has 146 valence electrons. The number of anilines is 2. The number of aliphatic hydroxyl groups excluding tert-OH is 1. The predicted molar refractivity (Wildman–Crippen MR) is 112 cm³/mol. The molecule has 5 heteroatoms. The number of aliphatic hydroxyl groups is 1. The summed E-state index contributed by atoms with van der Waals surface area (Å²) in [5.74, 6) is 6.85. The molecule has 28 heavy (non-hydrogen) atoms. The highest BCUT2D eigenvalue weighted by Crippen LogP contribution is 2.32. The molecule has 2 aromatic carbocycles. The number of carbonyl (C=O) groups is 1. The molecule has 3 N–H and O–H groups in total. The number of nitrogens with one attached hydrogen (secondary N) is 2. The monoisotopic (exact) mass is 378 g/mol. The van der Waals surface area contributed by atoms with E-state index in [-0.39, 0.29) is 24.0 Å². The van der Waals surface area contributed by atoms with Crippen LogP contribution >= 0.6 is 0 Å². The van der Waals surface area contributed by atoms with Crippen molar-refractivity contribution in [2.75, 3.05) is 23.8 Å². The first-order valence-corrected chi connectivity index (χ1v) is 9.34. The Morgan fingerprint density at radius 3 is 2.75 bits per heavy atom. The molecule has 0 spiro atoms. The molecular formula is C23H26N2O3. The van der Waals surface area contributed by atoms with Gasteiger partial charge in [-0.2, -0.15) is 0 Å². The summed E-state index contributed by atoms with van der Waals surface area (Å²) in [5.41, 5.74) is 3.78. The Hall–Kier alpha value is -2.97. The lowest BCUT2D eigenvalue weighted by molar-refractivity contribution is 0.102. The van der Waals surface area contributed by atoms with Crippen molar-refractivity contribution in [3.63, 3.8) is 0 Å². The van der Waals surface area contributed by atoms with Gasteiger partial charge in [0.25, 0.3) is 5.91 Å². The number of aryl methyl sites for hydroxylation is 1. The van der Waals surface area contributed by atoms with Crippen molar-refractivity contribution in [1.82, 2.24) is 0 Å². The molecule has 1 unspecified atom stereocenters. The Kier molecular flexibility index (Phi) is 5.62. The van der Waals surface area contributed by atoms with E-state index in [9.17, 15) is 9.90 Å². The Labute approximate surface area is 166 Å². The zero-order chi connectivity index (χ0) is 20.3. The molecule has 0 saturated heterocycles. The lowest BCUT2D eigenvalue weighted by Crippen LogP contribution is -2.34. The van der Waals surface area contributed by atoms with E-state index in [1.54, 1.807) is 12.1 Å². The average molecular weight is 378 g/mol. The highest BCUT2D eigenvalue weighted by atomic mass is 16.5. The summed E-state index contributed by atoms with van der Waals surface area (Å²) in [6, 6.07) is 10.9. The van der Waals surface area contributed by atoms with Gasteiger partial charge >= 0.3 is 0 Å². The fourth-order valence-corrected chi connectivity index (χ4v) is 2.84. The molecule has 1 aliphatic rings. The Balaban J connectivity index is 1.74. The SMILES string of the molecule is Cc1cc(C#CC(C)(C)C)ccc1C(=O)Nc1ccc2c(c1)OCC(CO)N2. The quantitative estimate of drug-likeness (QED) is 0.711. The molecule has 1 amide bonds. The van der Waals surface area contributed by atoms with E-state index in [4.69, 9.17) is 4.74 Å². The molecule has 1 atom stereocenters. The van der Waals surface area contributed by atoms with Gasteiger partial charge in [0, 0.05) is 28.3 Å². The van der Waals surface area contributed by atoms with Gasteiger partial charge in [0.1, 0.15) is 12.4 Å². The van der Waals surface area contributed by atoms with Crippen LogP contribution in [0.4, 0.5) is 11.4 Å². The van der Waals surface area contributed by atoms with Crippen LogP contribution < -0.4 is 15.4 Å². The zero-order valence-electron chi connectivity index (χ0n) is 16.7. The zero-order valence-corrected chi connectivity index (χ0v) is 16.7. The number of benzene rings is 2. The fourth-order valence-electron chi connectivity index (χ4n) is 2.84. The van der Waals surface area contributed by atoms with Crippen molar-refractivity contribution in [2.24, 2.45) is 5.41 Å². The minimum absolute atomic E-state index is 0.00727. The predicted octanol–water partition coefficient (Wildman–Crippen LogP) is 3.81. The van der Waals surface area contributed by atoms with E-state index in [0.29, 0.717) is 23.6 Å². The van der Waals surface area contributed by atoms with Crippen LogP contribution in [0.2, 0.25) is 0 Å². The number of hydrogen-bond donors (Lipinski definition) is 3. The van der Waals surface area contributed by atoms with Gasteiger partial charge < -0.3 is 20.5 Å². The topological polar surface area (TPSA) is 70.6 Å². The van der Waals surface area contributed by atoms with Crippen LogP contribution in [-0.4, -0.2) is 30.3 Å². The summed E-state index contributed by atoms with van der Waals surface area (Å²) in [7, 11) is 0. The Morgan fingerprint density at radius 1 is 1.29 bits per heavy atom. The second-order valence-electron chi connectivity index (χ2n) is 8.03. The summed E-state index contributed by atoms with van der Waals surface area (Å²) in [5, 5.41) is 15.3. The van der Waals surface area contributed by atoms with E-state index in [0.717, 1.165) is 16.8 Å². The number of ether oxygens (including phenoxy) is 1. The number of amides is 1. The van der Waals surface area contributed by atoms with Gasteiger partial charge in [0.05, 0.1) is 18.3 Å². The molecular weight excluding hydrogens is 352 g/mol. The van der Waals surface area contributed by atoms with Crippen LogP contribution in [0.15, 0.2) is 36.4 Å². The second-order valence-corrected chi connectivity index (χ2v) is 8.03. The smallest absolute Gasteiger partial charge is 0.255 e. The van der Waals surface area contributed by atoms with Gasteiger partial charge in [-0.15, -0.1) is 0 Å². The van der Waals surface area contributed by atoms with Gasteiger partial charge in [-0.25, -0.2) is 0 Å². The summed E-state index contributed by atoms with van der Waals surface area (Å²) < 4.78 is 5.66. The molecule has 5 nitrogen and oxygen atoms in total. The largest absolute Gasteiger partial charge is 0.489 e. The van der Waals surface area contributed by atoms with Crippen molar-refractivity contribution in [3.05, 3.63) is 53.1 Å². The minimum atomic E-state index is -0.176. The van der Waals surface area contributed by atoms with Gasteiger partial charge in [0.15, 0.2) is 0 Å². The van der Waals surface area contributed by atoms with Crippen LogP contribution in [0.1, 0.15) is 42.3 Å². The van der Waals surface area contributed by atoms with Crippen LogP contribution in [0.25, 0.3) is 0 Å². The molecule has 3 rings (SSSR count). The molecule has 0 saturated carbocycles. The number of carbonyl (C=O) groups excluding carboxylic acids is 1. The summed E-state index contributed by atoms with van der Waals surface area (Å²) in [6.45, 7) is 8.50. The van der Waals surface area contributed by atoms with E-state index in [2.05, 4.69) is 43.2 Å². The number of hydrogen-bond acceptors (Lipinski definition) is 4.